The van der Waals surface area contributed by atoms with Crippen molar-refractivity contribution in [2.75, 3.05) is 31.1 Å². The fourth-order valence-electron chi connectivity index (χ4n) is 3.85. The third kappa shape index (κ3) is 5.24. The Bertz CT molecular complexity index is 1200. The lowest BCUT2D eigenvalue weighted by atomic mass is 10.1. The molecule has 34 heavy (non-hydrogen) atoms. The summed E-state index contributed by atoms with van der Waals surface area (Å²) in [6.07, 6.45) is 4.55. The fraction of sp³-hybridized carbons (Fsp3) is 0.192. The molecule has 3 aromatic rings. The second-order valence-corrected chi connectivity index (χ2v) is 7.87. The van der Waals surface area contributed by atoms with E-state index in [1.807, 2.05) is 55.5 Å². The van der Waals surface area contributed by atoms with Crippen LogP contribution in [0.25, 0.3) is 6.08 Å². The number of nitrogens with one attached hydrogen (secondary N) is 1. The van der Waals surface area contributed by atoms with Crippen LogP contribution in [0.1, 0.15) is 21.5 Å². The number of aryl methyl sites for hydroxylation is 1. The maximum Gasteiger partial charge on any atom is 0.267 e. The zero-order valence-corrected chi connectivity index (χ0v) is 18.8. The quantitative estimate of drug-likeness (QED) is 0.333. The molecule has 0 bridgehead atoms. The van der Waals surface area contributed by atoms with E-state index in [1.54, 1.807) is 34.8 Å². The van der Waals surface area contributed by atoms with Crippen LogP contribution in [0.5, 0.6) is 11.6 Å². The number of ether oxygens (including phenoxy) is 1. The number of rotatable bonds is 6. The first-order valence-electron chi connectivity index (χ1n) is 11.0. The molecular formula is C26H26N4O4. The van der Waals surface area contributed by atoms with Gasteiger partial charge in [-0.15, -0.1) is 0 Å². The predicted molar refractivity (Wildman–Crippen MR) is 129 cm³/mol. The average molecular weight is 459 g/mol. The number of piperazine rings is 1. The van der Waals surface area contributed by atoms with Gasteiger partial charge in [-0.3, -0.25) is 14.8 Å². The Morgan fingerprint density at radius 2 is 1.74 bits per heavy atom. The Labute approximate surface area is 198 Å². The maximum absolute atomic E-state index is 13.3. The van der Waals surface area contributed by atoms with Crippen LogP contribution in [0.3, 0.4) is 0 Å². The second kappa shape index (κ2) is 10.6. The molecule has 8 nitrogen and oxygen atoms in total. The molecule has 174 valence electrons. The number of hydrogen-bond donors (Lipinski definition) is 2. The first-order chi connectivity index (χ1) is 16.6. The minimum Gasteiger partial charge on any atom is -0.438 e. The van der Waals surface area contributed by atoms with Crippen LogP contribution >= 0.6 is 0 Å². The van der Waals surface area contributed by atoms with Gasteiger partial charge in [-0.2, -0.15) is 0 Å². The van der Waals surface area contributed by atoms with Crippen LogP contribution in [-0.4, -0.2) is 53.1 Å². The van der Waals surface area contributed by atoms with Gasteiger partial charge in [0.05, 0.1) is 0 Å². The molecule has 2 N–H and O–H groups in total. The number of amides is 2. The molecule has 2 aromatic carbocycles. The molecular weight excluding hydrogens is 432 g/mol. The maximum atomic E-state index is 13.3. The van der Waals surface area contributed by atoms with Gasteiger partial charge in [0.2, 0.25) is 5.88 Å². The number of hydrogen-bond acceptors (Lipinski definition) is 6. The van der Waals surface area contributed by atoms with Gasteiger partial charge in [0.15, 0.2) is 0 Å². The van der Waals surface area contributed by atoms with Crippen molar-refractivity contribution >= 4 is 23.6 Å². The van der Waals surface area contributed by atoms with Gasteiger partial charge >= 0.3 is 0 Å². The van der Waals surface area contributed by atoms with Crippen molar-refractivity contribution in [3.05, 3.63) is 89.6 Å². The van der Waals surface area contributed by atoms with E-state index >= 15 is 0 Å². The largest absolute Gasteiger partial charge is 0.438 e. The third-order valence-corrected chi connectivity index (χ3v) is 5.67. The van der Waals surface area contributed by atoms with E-state index in [-0.39, 0.29) is 5.91 Å². The van der Waals surface area contributed by atoms with Gasteiger partial charge in [-0.1, -0.05) is 36.4 Å². The molecule has 2 heterocycles. The van der Waals surface area contributed by atoms with Crippen molar-refractivity contribution in [1.29, 1.82) is 0 Å². The number of carbonyl (C=O) groups excluding carboxylic acids is 2. The predicted octanol–water partition coefficient (Wildman–Crippen LogP) is 3.66. The highest BCUT2D eigenvalue weighted by Gasteiger charge is 2.26. The summed E-state index contributed by atoms with van der Waals surface area (Å²) in [6, 6.07) is 18.8. The molecule has 0 atom stereocenters. The molecule has 0 spiro atoms. The van der Waals surface area contributed by atoms with Gasteiger partial charge in [0.25, 0.3) is 11.8 Å². The molecule has 4 rings (SSSR count). The van der Waals surface area contributed by atoms with Crippen LogP contribution < -0.4 is 15.1 Å². The lowest BCUT2D eigenvalue weighted by molar-refractivity contribution is -0.124. The van der Waals surface area contributed by atoms with Crippen molar-refractivity contribution in [1.82, 2.24) is 15.4 Å². The lowest BCUT2D eigenvalue weighted by Crippen LogP contribution is -2.49. The zero-order chi connectivity index (χ0) is 23.9. The molecule has 1 aromatic heterocycles. The normalized spacial score (nSPS) is 13.7. The Kier molecular flexibility index (Phi) is 7.19. The topological polar surface area (TPSA) is 95.0 Å². The van der Waals surface area contributed by atoms with Crippen molar-refractivity contribution in [3.8, 4) is 11.6 Å². The molecule has 0 unspecified atom stereocenters. The molecule has 1 aliphatic rings. The number of pyridine rings is 1. The first-order valence-corrected chi connectivity index (χ1v) is 11.0. The van der Waals surface area contributed by atoms with E-state index in [1.165, 1.54) is 6.08 Å². The van der Waals surface area contributed by atoms with Crippen LogP contribution in [0, 0.1) is 6.92 Å². The summed E-state index contributed by atoms with van der Waals surface area (Å²) < 4.78 is 5.99. The number of aromatic nitrogens is 1. The summed E-state index contributed by atoms with van der Waals surface area (Å²) in [4.78, 5) is 33.0. The Morgan fingerprint density at radius 1 is 1.00 bits per heavy atom. The van der Waals surface area contributed by atoms with E-state index in [0.29, 0.717) is 43.4 Å². The van der Waals surface area contributed by atoms with E-state index in [0.717, 1.165) is 16.8 Å². The molecule has 8 heteroatoms. The highest BCUT2D eigenvalue weighted by atomic mass is 16.5. The van der Waals surface area contributed by atoms with Gasteiger partial charge < -0.3 is 14.5 Å². The smallest absolute Gasteiger partial charge is 0.267 e. The van der Waals surface area contributed by atoms with Crippen LogP contribution in [0.15, 0.2) is 72.9 Å². The zero-order valence-electron chi connectivity index (χ0n) is 18.8. The Balaban J connectivity index is 1.46. The molecule has 1 fully saturated rings. The van der Waals surface area contributed by atoms with Crippen LogP contribution in [0.4, 0.5) is 5.69 Å². The second-order valence-electron chi connectivity index (χ2n) is 7.87. The molecule has 0 saturated carbocycles. The number of anilines is 1. The van der Waals surface area contributed by atoms with Crippen LogP contribution in [-0.2, 0) is 4.79 Å². The van der Waals surface area contributed by atoms with E-state index < -0.39 is 5.91 Å². The Morgan fingerprint density at radius 3 is 2.50 bits per heavy atom. The molecule has 0 radical (unpaired) electrons. The fourth-order valence-corrected chi connectivity index (χ4v) is 3.85. The highest BCUT2D eigenvalue weighted by Crippen LogP contribution is 2.28. The number of benzene rings is 2. The lowest BCUT2D eigenvalue weighted by Gasteiger charge is -2.37. The number of nitrogens with zero attached hydrogens (tertiary/aromatic N) is 3. The third-order valence-electron chi connectivity index (χ3n) is 5.67. The van der Waals surface area contributed by atoms with Crippen LogP contribution in [0.2, 0.25) is 0 Å². The summed E-state index contributed by atoms with van der Waals surface area (Å²) in [7, 11) is 0. The average Bonchev–Trinajstić information content (AvgIpc) is 2.89. The highest BCUT2D eigenvalue weighted by molar-refractivity contribution is 5.96. The minimum absolute atomic E-state index is 0.121. The van der Waals surface area contributed by atoms with Gasteiger partial charge in [0.1, 0.15) is 11.3 Å². The summed E-state index contributed by atoms with van der Waals surface area (Å²) >= 11 is 0. The monoisotopic (exact) mass is 458 g/mol. The van der Waals surface area contributed by atoms with Gasteiger partial charge in [-0.25, -0.2) is 10.5 Å². The van der Waals surface area contributed by atoms with E-state index in [4.69, 9.17) is 9.94 Å². The standard InChI is InChI=1S/C26H26N4O4/c1-19-7-2-5-11-23(19)34-25-21(9-6-14-27-25)26(32)30-17-15-29(16-18-30)22-10-4-3-8-20(22)12-13-24(31)28-33/h2-14,33H,15-18H2,1H3,(H,28,31). The molecule has 0 aliphatic carbocycles. The summed E-state index contributed by atoms with van der Waals surface area (Å²) in [5, 5.41) is 8.71. The first kappa shape index (κ1) is 23.0. The summed E-state index contributed by atoms with van der Waals surface area (Å²) in [6.45, 7) is 4.29. The number of hydroxylamine groups is 1. The van der Waals surface area contributed by atoms with Gasteiger partial charge in [0, 0.05) is 44.1 Å². The van der Waals surface area contributed by atoms with Crippen molar-refractivity contribution in [2.24, 2.45) is 0 Å². The van der Waals surface area contributed by atoms with Crippen molar-refractivity contribution in [3.63, 3.8) is 0 Å². The molecule has 1 aliphatic heterocycles. The number of para-hydroxylation sites is 2. The van der Waals surface area contributed by atoms with E-state index in [2.05, 4.69) is 9.88 Å². The minimum atomic E-state index is -0.592. The van der Waals surface area contributed by atoms with Gasteiger partial charge in [-0.05, 0) is 48.4 Å². The molecule has 2 amide bonds. The van der Waals surface area contributed by atoms with Crippen molar-refractivity contribution < 1.29 is 19.5 Å². The van der Waals surface area contributed by atoms with Crippen molar-refractivity contribution in [2.45, 2.75) is 6.92 Å². The van der Waals surface area contributed by atoms with E-state index in [9.17, 15) is 9.59 Å². The Hall–Kier alpha value is -4.17. The SMILES string of the molecule is Cc1ccccc1Oc1ncccc1C(=O)N1CCN(c2ccccc2C=CC(=O)NO)CC1. The summed E-state index contributed by atoms with van der Waals surface area (Å²) in [5.41, 5.74) is 4.80. The number of carbonyl (C=O) groups is 2. The molecule has 1 saturated heterocycles. The summed E-state index contributed by atoms with van der Waals surface area (Å²) in [5.74, 6) is 0.246.